The summed E-state index contributed by atoms with van der Waals surface area (Å²) in [5.41, 5.74) is 0. The predicted molar refractivity (Wildman–Crippen MR) is 67.7 cm³/mol. The maximum absolute atomic E-state index is 11.2. The van der Waals surface area contributed by atoms with Crippen molar-refractivity contribution in [2.75, 3.05) is 13.1 Å². The molecule has 17 heavy (non-hydrogen) atoms. The molecule has 1 saturated heterocycles. The lowest BCUT2D eigenvalue weighted by atomic mass is 9.84. The van der Waals surface area contributed by atoms with E-state index >= 15 is 0 Å². The molecule has 2 rings (SSSR count). The highest BCUT2D eigenvalue weighted by molar-refractivity contribution is 5.66. The Morgan fingerprint density at radius 1 is 1.18 bits per heavy atom. The first kappa shape index (κ1) is 12.9. The lowest BCUT2D eigenvalue weighted by Crippen LogP contribution is -2.52. The summed E-state index contributed by atoms with van der Waals surface area (Å²) in [6.07, 6.45) is 5.22. The highest BCUT2D eigenvalue weighted by Crippen LogP contribution is 2.36. The minimum Gasteiger partial charge on any atom is -0.462 e. The minimum atomic E-state index is -0.107. The molecule has 1 unspecified atom stereocenters. The van der Waals surface area contributed by atoms with Gasteiger partial charge in [0.25, 0.3) is 0 Å². The van der Waals surface area contributed by atoms with Gasteiger partial charge in [0.1, 0.15) is 6.10 Å². The van der Waals surface area contributed by atoms with Gasteiger partial charge in [0.05, 0.1) is 0 Å². The molecule has 0 amide bonds. The molecule has 3 atom stereocenters. The molecule has 3 heteroatoms. The molecule has 0 aromatic rings. The number of hydrogen-bond acceptors (Lipinski definition) is 3. The van der Waals surface area contributed by atoms with Crippen LogP contribution in [0.25, 0.3) is 0 Å². The number of hydrogen-bond donors (Lipinski definition) is 0. The Kier molecular flexibility index (Phi) is 4.08. The van der Waals surface area contributed by atoms with Crippen LogP contribution in [0.5, 0.6) is 0 Å². The number of likely N-dealkylation sites (tertiary alicyclic amines) is 1. The van der Waals surface area contributed by atoms with E-state index in [2.05, 4.69) is 18.7 Å². The molecular weight excluding hydrogens is 214 g/mol. The molecule has 0 N–H and O–H groups in total. The van der Waals surface area contributed by atoms with Crippen molar-refractivity contribution in [2.45, 2.75) is 58.6 Å². The topological polar surface area (TPSA) is 29.5 Å². The van der Waals surface area contributed by atoms with Crippen LogP contribution in [0.2, 0.25) is 0 Å². The SMILES string of the molecule is CC(=O)OC1[C@@H]2CCCC[C@H]1CN(C(C)C)C2. The van der Waals surface area contributed by atoms with Gasteiger partial charge in [-0.15, -0.1) is 0 Å². The minimum absolute atomic E-state index is 0.107. The Balaban J connectivity index is 2.10. The summed E-state index contributed by atoms with van der Waals surface area (Å²) >= 11 is 0. The molecule has 2 aliphatic rings. The average molecular weight is 239 g/mol. The van der Waals surface area contributed by atoms with Gasteiger partial charge in [0, 0.05) is 37.9 Å². The van der Waals surface area contributed by atoms with Gasteiger partial charge in [0.2, 0.25) is 0 Å². The van der Waals surface area contributed by atoms with Crippen LogP contribution in [-0.4, -0.2) is 36.1 Å². The molecule has 3 nitrogen and oxygen atoms in total. The molecule has 1 aliphatic carbocycles. The lowest BCUT2D eigenvalue weighted by Gasteiger charge is -2.43. The normalized spacial score (nSPS) is 34.5. The first-order chi connectivity index (χ1) is 8.08. The van der Waals surface area contributed by atoms with Crippen LogP contribution in [0, 0.1) is 11.8 Å². The summed E-state index contributed by atoms with van der Waals surface area (Å²) in [5, 5.41) is 0. The number of piperidine rings is 1. The zero-order valence-electron chi connectivity index (χ0n) is 11.3. The fourth-order valence-corrected chi connectivity index (χ4v) is 3.40. The highest BCUT2D eigenvalue weighted by atomic mass is 16.5. The van der Waals surface area contributed by atoms with E-state index in [0.29, 0.717) is 17.9 Å². The zero-order chi connectivity index (χ0) is 12.4. The van der Waals surface area contributed by atoms with Crippen molar-refractivity contribution in [1.29, 1.82) is 0 Å². The van der Waals surface area contributed by atoms with E-state index in [1.165, 1.54) is 25.7 Å². The van der Waals surface area contributed by atoms with E-state index in [4.69, 9.17) is 4.74 Å². The van der Waals surface area contributed by atoms with Crippen molar-refractivity contribution in [3.05, 3.63) is 0 Å². The number of carbonyl (C=O) groups is 1. The van der Waals surface area contributed by atoms with Gasteiger partial charge in [-0.25, -0.2) is 0 Å². The third-order valence-electron chi connectivity index (χ3n) is 4.30. The van der Waals surface area contributed by atoms with Gasteiger partial charge >= 0.3 is 5.97 Å². The molecule has 2 bridgehead atoms. The highest BCUT2D eigenvalue weighted by Gasteiger charge is 2.40. The Hall–Kier alpha value is -0.570. The molecule has 0 radical (unpaired) electrons. The van der Waals surface area contributed by atoms with Crippen molar-refractivity contribution in [3.8, 4) is 0 Å². The largest absolute Gasteiger partial charge is 0.462 e. The van der Waals surface area contributed by atoms with E-state index in [1.807, 2.05) is 0 Å². The molecule has 2 fully saturated rings. The van der Waals surface area contributed by atoms with Crippen molar-refractivity contribution in [3.63, 3.8) is 0 Å². The van der Waals surface area contributed by atoms with Crippen LogP contribution >= 0.6 is 0 Å². The number of nitrogens with zero attached hydrogens (tertiary/aromatic N) is 1. The van der Waals surface area contributed by atoms with Crippen LogP contribution in [-0.2, 0) is 9.53 Å². The predicted octanol–water partition coefficient (Wildman–Crippen LogP) is 2.45. The quantitative estimate of drug-likeness (QED) is 0.693. The van der Waals surface area contributed by atoms with Crippen LogP contribution in [0.1, 0.15) is 46.5 Å². The second kappa shape index (κ2) is 5.38. The standard InChI is InChI=1S/C14H25NO2/c1-10(2)15-8-12-6-4-5-7-13(9-15)14(12)17-11(3)16/h10,12-14H,4-9H2,1-3H3/t12-,13+,14?. The molecule has 1 saturated carbocycles. The Bertz CT molecular complexity index is 261. The number of esters is 1. The van der Waals surface area contributed by atoms with Gasteiger partial charge in [-0.1, -0.05) is 12.8 Å². The van der Waals surface area contributed by atoms with Crippen LogP contribution in [0.3, 0.4) is 0 Å². The number of fused-ring (bicyclic) bond motifs is 2. The van der Waals surface area contributed by atoms with Gasteiger partial charge in [-0.3, -0.25) is 4.79 Å². The van der Waals surface area contributed by atoms with E-state index in [0.717, 1.165) is 13.1 Å². The molecule has 0 spiro atoms. The van der Waals surface area contributed by atoms with Gasteiger partial charge in [-0.05, 0) is 26.7 Å². The molecular formula is C14H25NO2. The molecule has 0 aromatic heterocycles. The van der Waals surface area contributed by atoms with E-state index < -0.39 is 0 Å². The van der Waals surface area contributed by atoms with Gasteiger partial charge in [0.15, 0.2) is 0 Å². The van der Waals surface area contributed by atoms with Crippen molar-refractivity contribution in [1.82, 2.24) is 4.90 Å². The second-order valence-corrected chi connectivity index (χ2v) is 5.93. The van der Waals surface area contributed by atoms with E-state index in [-0.39, 0.29) is 12.1 Å². The monoisotopic (exact) mass is 239 g/mol. The smallest absolute Gasteiger partial charge is 0.302 e. The summed E-state index contributed by atoms with van der Waals surface area (Å²) in [7, 11) is 0. The Labute approximate surface area is 105 Å². The maximum atomic E-state index is 11.2. The first-order valence-corrected chi connectivity index (χ1v) is 6.99. The summed E-state index contributed by atoms with van der Waals surface area (Å²) in [6.45, 7) is 8.27. The van der Waals surface area contributed by atoms with E-state index in [1.54, 1.807) is 6.92 Å². The number of carbonyl (C=O) groups excluding carboxylic acids is 1. The molecule has 0 aromatic carbocycles. The number of ether oxygens (including phenoxy) is 1. The summed E-state index contributed by atoms with van der Waals surface area (Å²) in [4.78, 5) is 13.8. The molecule has 1 heterocycles. The summed E-state index contributed by atoms with van der Waals surface area (Å²) < 4.78 is 5.60. The third-order valence-corrected chi connectivity index (χ3v) is 4.30. The van der Waals surface area contributed by atoms with Crippen molar-refractivity contribution < 1.29 is 9.53 Å². The fraction of sp³-hybridized carbons (Fsp3) is 0.929. The third kappa shape index (κ3) is 3.01. The maximum Gasteiger partial charge on any atom is 0.302 e. The van der Waals surface area contributed by atoms with Crippen LogP contribution in [0.4, 0.5) is 0 Å². The Morgan fingerprint density at radius 2 is 1.71 bits per heavy atom. The summed E-state index contributed by atoms with van der Waals surface area (Å²) in [5.74, 6) is 1.01. The first-order valence-electron chi connectivity index (χ1n) is 6.99. The van der Waals surface area contributed by atoms with E-state index in [9.17, 15) is 4.79 Å². The second-order valence-electron chi connectivity index (χ2n) is 5.93. The van der Waals surface area contributed by atoms with Crippen molar-refractivity contribution >= 4 is 5.97 Å². The van der Waals surface area contributed by atoms with Crippen molar-refractivity contribution in [2.24, 2.45) is 11.8 Å². The zero-order valence-corrected chi connectivity index (χ0v) is 11.3. The Morgan fingerprint density at radius 3 is 2.12 bits per heavy atom. The van der Waals surface area contributed by atoms with Gasteiger partial charge in [-0.2, -0.15) is 0 Å². The van der Waals surface area contributed by atoms with Crippen LogP contribution < -0.4 is 0 Å². The van der Waals surface area contributed by atoms with Gasteiger partial charge < -0.3 is 9.64 Å². The van der Waals surface area contributed by atoms with Crippen LogP contribution in [0.15, 0.2) is 0 Å². The summed E-state index contributed by atoms with van der Waals surface area (Å²) in [6, 6.07) is 0.608. The molecule has 1 aliphatic heterocycles. The average Bonchev–Trinajstić information content (AvgIpc) is 2.37. The lowest BCUT2D eigenvalue weighted by molar-refractivity contribution is -0.157. The fourth-order valence-electron chi connectivity index (χ4n) is 3.40. The number of rotatable bonds is 2. The molecule has 98 valence electrons.